The minimum absolute atomic E-state index is 0.0938. The summed E-state index contributed by atoms with van der Waals surface area (Å²) in [6.45, 7) is 0.652. The number of anilines is 1. The van der Waals surface area contributed by atoms with Crippen molar-refractivity contribution in [3.8, 4) is 0 Å². The second kappa shape index (κ2) is 7.02. The summed E-state index contributed by atoms with van der Waals surface area (Å²) in [7, 11) is 1.82. The van der Waals surface area contributed by atoms with Crippen molar-refractivity contribution in [2.75, 3.05) is 18.5 Å². The van der Waals surface area contributed by atoms with Gasteiger partial charge in [0.2, 0.25) is 5.91 Å². The SMILES string of the molecule is CN(Cc1cccs1)C(=O)CSc1ccc(N)c(Cl)c1. The lowest BCUT2D eigenvalue weighted by Gasteiger charge is -2.16. The number of thiophene rings is 1. The maximum absolute atomic E-state index is 12.0. The van der Waals surface area contributed by atoms with Crippen molar-refractivity contribution in [2.24, 2.45) is 0 Å². The average molecular weight is 327 g/mol. The molecule has 1 aromatic carbocycles. The van der Waals surface area contributed by atoms with E-state index in [9.17, 15) is 4.79 Å². The summed E-state index contributed by atoms with van der Waals surface area (Å²) >= 11 is 9.07. The molecule has 20 heavy (non-hydrogen) atoms. The van der Waals surface area contributed by atoms with E-state index in [4.69, 9.17) is 17.3 Å². The van der Waals surface area contributed by atoms with Gasteiger partial charge in [0.1, 0.15) is 0 Å². The zero-order valence-electron chi connectivity index (χ0n) is 11.0. The first-order valence-electron chi connectivity index (χ1n) is 6.00. The van der Waals surface area contributed by atoms with Gasteiger partial charge in [0.05, 0.1) is 23.0 Å². The second-order valence-electron chi connectivity index (χ2n) is 4.30. The lowest BCUT2D eigenvalue weighted by molar-refractivity contribution is -0.127. The van der Waals surface area contributed by atoms with Gasteiger partial charge in [-0.05, 0) is 29.6 Å². The molecule has 2 rings (SSSR count). The summed E-state index contributed by atoms with van der Waals surface area (Å²) in [5, 5.41) is 2.54. The quantitative estimate of drug-likeness (QED) is 0.672. The van der Waals surface area contributed by atoms with E-state index in [-0.39, 0.29) is 5.91 Å². The van der Waals surface area contributed by atoms with Gasteiger partial charge in [-0.2, -0.15) is 0 Å². The number of carbonyl (C=O) groups is 1. The Bertz CT molecular complexity index is 587. The summed E-state index contributed by atoms with van der Waals surface area (Å²) < 4.78 is 0. The summed E-state index contributed by atoms with van der Waals surface area (Å²) in [5.74, 6) is 0.485. The fourth-order valence-electron chi connectivity index (χ4n) is 1.58. The first kappa shape index (κ1) is 15.2. The second-order valence-corrected chi connectivity index (χ2v) is 6.79. The number of nitrogens with two attached hydrogens (primary N) is 1. The van der Waals surface area contributed by atoms with E-state index in [0.717, 1.165) is 4.90 Å². The Kier molecular flexibility index (Phi) is 5.34. The normalized spacial score (nSPS) is 10.5. The van der Waals surface area contributed by atoms with E-state index in [0.29, 0.717) is 23.0 Å². The molecule has 0 fully saturated rings. The number of rotatable bonds is 5. The van der Waals surface area contributed by atoms with Crippen LogP contribution in [-0.4, -0.2) is 23.6 Å². The molecule has 1 heterocycles. The van der Waals surface area contributed by atoms with E-state index in [1.807, 2.05) is 30.6 Å². The molecule has 0 aliphatic rings. The van der Waals surface area contributed by atoms with Crippen LogP contribution in [0.3, 0.4) is 0 Å². The molecular weight excluding hydrogens is 312 g/mol. The fourth-order valence-corrected chi connectivity index (χ4v) is 3.46. The molecule has 0 spiro atoms. The average Bonchev–Trinajstić information content (AvgIpc) is 2.92. The van der Waals surface area contributed by atoms with Crippen LogP contribution in [0.2, 0.25) is 5.02 Å². The van der Waals surface area contributed by atoms with E-state index in [1.54, 1.807) is 28.4 Å². The zero-order valence-corrected chi connectivity index (χ0v) is 13.4. The molecule has 0 atom stereocenters. The van der Waals surface area contributed by atoms with Crippen molar-refractivity contribution in [3.63, 3.8) is 0 Å². The number of thioether (sulfide) groups is 1. The van der Waals surface area contributed by atoms with Crippen molar-refractivity contribution in [1.82, 2.24) is 4.90 Å². The molecule has 6 heteroatoms. The number of halogens is 1. The number of amides is 1. The highest BCUT2D eigenvalue weighted by Crippen LogP contribution is 2.26. The third-order valence-electron chi connectivity index (χ3n) is 2.73. The molecule has 1 amide bonds. The first-order valence-corrected chi connectivity index (χ1v) is 8.25. The maximum atomic E-state index is 12.0. The Morgan fingerprint density at radius 1 is 1.45 bits per heavy atom. The van der Waals surface area contributed by atoms with Crippen molar-refractivity contribution < 1.29 is 4.79 Å². The topological polar surface area (TPSA) is 46.3 Å². The molecule has 0 bridgehead atoms. The maximum Gasteiger partial charge on any atom is 0.233 e. The molecule has 1 aromatic heterocycles. The van der Waals surface area contributed by atoms with Gasteiger partial charge >= 0.3 is 0 Å². The third-order valence-corrected chi connectivity index (χ3v) is 4.90. The zero-order chi connectivity index (χ0) is 14.5. The largest absolute Gasteiger partial charge is 0.398 e. The molecule has 2 N–H and O–H groups in total. The van der Waals surface area contributed by atoms with Crippen LogP contribution in [0.5, 0.6) is 0 Å². The number of carbonyl (C=O) groups excluding carboxylic acids is 1. The van der Waals surface area contributed by atoms with Crippen LogP contribution in [-0.2, 0) is 11.3 Å². The Hall–Kier alpha value is -1.17. The number of hydrogen-bond donors (Lipinski definition) is 1. The Balaban J connectivity index is 1.86. The highest BCUT2D eigenvalue weighted by Gasteiger charge is 2.10. The first-order chi connectivity index (χ1) is 9.56. The summed E-state index contributed by atoms with van der Waals surface area (Å²) in [6.07, 6.45) is 0. The highest BCUT2D eigenvalue weighted by molar-refractivity contribution is 8.00. The van der Waals surface area contributed by atoms with E-state index in [2.05, 4.69) is 0 Å². The van der Waals surface area contributed by atoms with Gasteiger partial charge in [-0.15, -0.1) is 23.1 Å². The minimum atomic E-state index is 0.0938. The molecule has 0 aliphatic heterocycles. The van der Waals surface area contributed by atoms with Crippen LogP contribution in [0, 0.1) is 0 Å². The number of benzene rings is 1. The van der Waals surface area contributed by atoms with Crippen LogP contribution >= 0.6 is 34.7 Å². The fraction of sp³-hybridized carbons (Fsp3) is 0.214. The van der Waals surface area contributed by atoms with Gasteiger partial charge < -0.3 is 10.6 Å². The molecule has 3 nitrogen and oxygen atoms in total. The number of nitrogens with zero attached hydrogens (tertiary/aromatic N) is 1. The van der Waals surface area contributed by atoms with Crippen molar-refractivity contribution in [3.05, 3.63) is 45.6 Å². The monoisotopic (exact) mass is 326 g/mol. The van der Waals surface area contributed by atoms with Crippen molar-refractivity contribution >= 4 is 46.3 Å². The molecule has 106 valence electrons. The molecule has 0 saturated carbocycles. The van der Waals surface area contributed by atoms with E-state index in [1.165, 1.54) is 16.6 Å². The standard InChI is InChI=1S/C14H15ClN2OS2/c1-17(8-11-3-2-6-19-11)14(18)9-20-10-4-5-13(16)12(15)7-10/h2-7H,8-9,16H2,1H3. The number of nitrogen functional groups attached to an aromatic ring is 1. The van der Waals surface area contributed by atoms with Crippen LogP contribution in [0.15, 0.2) is 40.6 Å². The smallest absolute Gasteiger partial charge is 0.233 e. The van der Waals surface area contributed by atoms with Gasteiger partial charge in [0.15, 0.2) is 0 Å². The van der Waals surface area contributed by atoms with Gasteiger partial charge in [0, 0.05) is 16.8 Å². The van der Waals surface area contributed by atoms with E-state index >= 15 is 0 Å². The lowest BCUT2D eigenvalue weighted by Crippen LogP contribution is -2.27. The summed E-state index contributed by atoms with van der Waals surface area (Å²) in [5.41, 5.74) is 6.21. The number of hydrogen-bond acceptors (Lipinski definition) is 4. The van der Waals surface area contributed by atoms with Crippen LogP contribution in [0.4, 0.5) is 5.69 Å². The van der Waals surface area contributed by atoms with Gasteiger partial charge in [-0.3, -0.25) is 4.79 Å². The summed E-state index contributed by atoms with van der Waals surface area (Å²) in [4.78, 5) is 15.9. The molecule has 0 radical (unpaired) electrons. The molecule has 0 unspecified atom stereocenters. The van der Waals surface area contributed by atoms with Crippen LogP contribution in [0.1, 0.15) is 4.88 Å². The van der Waals surface area contributed by atoms with Crippen LogP contribution in [0.25, 0.3) is 0 Å². The van der Waals surface area contributed by atoms with E-state index < -0.39 is 0 Å². The highest BCUT2D eigenvalue weighted by atomic mass is 35.5. The van der Waals surface area contributed by atoms with Gasteiger partial charge in [-0.1, -0.05) is 17.7 Å². The molecule has 0 aliphatic carbocycles. The molecule has 0 saturated heterocycles. The lowest BCUT2D eigenvalue weighted by atomic mass is 10.3. The van der Waals surface area contributed by atoms with Gasteiger partial charge in [0.25, 0.3) is 0 Å². The minimum Gasteiger partial charge on any atom is -0.398 e. The molecule has 2 aromatic rings. The van der Waals surface area contributed by atoms with Crippen molar-refractivity contribution in [2.45, 2.75) is 11.4 Å². The predicted octanol–water partition coefficient (Wildman–Crippen LogP) is 3.73. The Morgan fingerprint density at radius 2 is 2.25 bits per heavy atom. The van der Waals surface area contributed by atoms with Gasteiger partial charge in [-0.25, -0.2) is 0 Å². The Morgan fingerprint density at radius 3 is 2.90 bits per heavy atom. The van der Waals surface area contributed by atoms with Crippen LogP contribution < -0.4 is 5.73 Å². The molecular formula is C14H15ClN2OS2. The third kappa shape index (κ3) is 4.16. The van der Waals surface area contributed by atoms with Crippen molar-refractivity contribution in [1.29, 1.82) is 0 Å². The predicted molar refractivity (Wildman–Crippen MR) is 87.4 cm³/mol. The summed E-state index contributed by atoms with van der Waals surface area (Å²) in [6, 6.07) is 9.43. The Labute approximate surface area is 131 Å².